The van der Waals surface area contributed by atoms with E-state index in [9.17, 15) is 13.6 Å². The van der Waals surface area contributed by atoms with E-state index in [1.165, 1.54) is 18.2 Å². The average Bonchev–Trinajstić information content (AvgIpc) is 2.53. The number of pyridine rings is 1. The normalized spacial score (nSPS) is 12.0. The molecule has 6 heteroatoms. The van der Waals surface area contributed by atoms with Crippen molar-refractivity contribution in [2.75, 3.05) is 0 Å². The number of hydrogen-bond acceptors (Lipinski definition) is 3. The monoisotopic (exact) mass is 320 g/mol. The van der Waals surface area contributed by atoms with E-state index in [1.54, 1.807) is 12.3 Å². The van der Waals surface area contributed by atoms with Crippen molar-refractivity contribution in [1.82, 2.24) is 10.3 Å². The molecule has 23 heavy (non-hydrogen) atoms. The summed E-state index contributed by atoms with van der Waals surface area (Å²) >= 11 is 0. The predicted octanol–water partition coefficient (Wildman–Crippen LogP) is 3.87. The van der Waals surface area contributed by atoms with Crippen molar-refractivity contribution in [3.63, 3.8) is 0 Å². The van der Waals surface area contributed by atoms with Crippen molar-refractivity contribution >= 4 is 5.91 Å². The van der Waals surface area contributed by atoms with Gasteiger partial charge in [-0.05, 0) is 37.1 Å². The SMILES string of the molecule is CC[C@@H](NC(=O)c1ccccc1OC(F)F)c1ccc(C)cn1. The van der Waals surface area contributed by atoms with Gasteiger partial charge in [-0.15, -0.1) is 0 Å². The minimum atomic E-state index is -2.98. The predicted molar refractivity (Wildman–Crippen MR) is 82.5 cm³/mol. The van der Waals surface area contributed by atoms with Gasteiger partial charge in [0.1, 0.15) is 5.75 Å². The van der Waals surface area contributed by atoms with E-state index in [2.05, 4.69) is 15.0 Å². The standard InChI is InChI=1S/C17H18F2N2O2/c1-3-13(14-9-8-11(2)10-20-14)21-16(22)12-6-4-5-7-15(12)23-17(18)19/h4-10,13,17H,3H2,1-2H3,(H,21,22)/t13-/m1/s1. The zero-order valence-corrected chi connectivity index (χ0v) is 12.9. The lowest BCUT2D eigenvalue weighted by atomic mass is 10.1. The summed E-state index contributed by atoms with van der Waals surface area (Å²) in [4.78, 5) is 16.7. The van der Waals surface area contributed by atoms with Crippen molar-refractivity contribution in [3.05, 3.63) is 59.4 Å². The summed E-state index contributed by atoms with van der Waals surface area (Å²) in [6, 6.07) is 9.36. The number of nitrogens with one attached hydrogen (secondary N) is 1. The van der Waals surface area contributed by atoms with Gasteiger partial charge in [0.15, 0.2) is 0 Å². The number of amides is 1. The lowest BCUT2D eigenvalue weighted by Gasteiger charge is -2.18. The molecule has 0 aliphatic carbocycles. The maximum absolute atomic E-state index is 12.4. The van der Waals surface area contributed by atoms with E-state index in [-0.39, 0.29) is 17.4 Å². The molecule has 0 bridgehead atoms. The van der Waals surface area contributed by atoms with Crippen LogP contribution >= 0.6 is 0 Å². The van der Waals surface area contributed by atoms with Gasteiger partial charge in [0.05, 0.1) is 17.3 Å². The molecule has 0 aliphatic rings. The summed E-state index contributed by atoms with van der Waals surface area (Å²) in [7, 11) is 0. The summed E-state index contributed by atoms with van der Waals surface area (Å²) in [5.74, 6) is -0.623. The van der Waals surface area contributed by atoms with Gasteiger partial charge in [-0.2, -0.15) is 8.78 Å². The van der Waals surface area contributed by atoms with Crippen LogP contribution in [-0.2, 0) is 0 Å². The van der Waals surface area contributed by atoms with E-state index in [4.69, 9.17) is 0 Å². The van der Waals surface area contributed by atoms with E-state index < -0.39 is 12.5 Å². The van der Waals surface area contributed by atoms with E-state index >= 15 is 0 Å². The molecule has 2 rings (SSSR count). The minimum absolute atomic E-state index is 0.0679. The maximum Gasteiger partial charge on any atom is 0.387 e. The average molecular weight is 320 g/mol. The highest BCUT2D eigenvalue weighted by atomic mass is 19.3. The fraction of sp³-hybridized carbons (Fsp3) is 0.294. The molecule has 0 saturated carbocycles. The van der Waals surface area contributed by atoms with Crippen molar-refractivity contribution < 1.29 is 18.3 Å². The second kappa shape index (κ2) is 7.67. The third-order valence-electron chi connectivity index (χ3n) is 3.35. The zero-order chi connectivity index (χ0) is 16.8. The molecule has 4 nitrogen and oxygen atoms in total. The quantitative estimate of drug-likeness (QED) is 0.879. The number of carbonyl (C=O) groups is 1. The lowest BCUT2D eigenvalue weighted by Crippen LogP contribution is -2.29. The van der Waals surface area contributed by atoms with Gasteiger partial charge in [-0.1, -0.05) is 25.1 Å². The first-order valence-electron chi connectivity index (χ1n) is 7.28. The Bertz CT molecular complexity index is 660. The summed E-state index contributed by atoms with van der Waals surface area (Å²) in [5.41, 5.74) is 1.81. The number of benzene rings is 1. The first-order valence-corrected chi connectivity index (χ1v) is 7.28. The van der Waals surface area contributed by atoms with Crippen LogP contribution in [0.1, 0.15) is 41.0 Å². The lowest BCUT2D eigenvalue weighted by molar-refractivity contribution is -0.0501. The molecule has 0 fully saturated rings. The molecule has 0 radical (unpaired) electrons. The fourth-order valence-corrected chi connectivity index (χ4v) is 2.16. The molecule has 1 aromatic heterocycles. The van der Waals surface area contributed by atoms with Crippen LogP contribution in [0.15, 0.2) is 42.6 Å². The number of ether oxygens (including phenoxy) is 1. The number of para-hydroxylation sites is 1. The van der Waals surface area contributed by atoms with Gasteiger partial charge in [0.25, 0.3) is 5.91 Å². The second-order valence-electron chi connectivity index (χ2n) is 5.07. The van der Waals surface area contributed by atoms with Crippen LogP contribution in [0.5, 0.6) is 5.75 Å². The molecule has 1 atom stereocenters. The summed E-state index contributed by atoms with van der Waals surface area (Å²) in [6.45, 7) is 0.854. The summed E-state index contributed by atoms with van der Waals surface area (Å²) in [5, 5.41) is 2.81. The number of carbonyl (C=O) groups excluding carboxylic acids is 1. The van der Waals surface area contributed by atoms with Gasteiger partial charge in [0.2, 0.25) is 0 Å². The largest absolute Gasteiger partial charge is 0.434 e. The van der Waals surface area contributed by atoms with Crippen molar-refractivity contribution in [2.24, 2.45) is 0 Å². The third-order valence-corrected chi connectivity index (χ3v) is 3.35. The molecule has 1 N–H and O–H groups in total. The minimum Gasteiger partial charge on any atom is -0.434 e. The van der Waals surface area contributed by atoms with Crippen LogP contribution in [0.25, 0.3) is 0 Å². The van der Waals surface area contributed by atoms with Crippen LogP contribution in [0.4, 0.5) is 8.78 Å². The number of alkyl halides is 2. The molecule has 1 amide bonds. The number of halogens is 2. The van der Waals surface area contributed by atoms with Crippen LogP contribution in [0.3, 0.4) is 0 Å². The highest BCUT2D eigenvalue weighted by Crippen LogP contribution is 2.22. The Balaban J connectivity index is 2.18. The first kappa shape index (κ1) is 16.9. The highest BCUT2D eigenvalue weighted by molar-refractivity contribution is 5.97. The Labute approximate surface area is 133 Å². The van der Waals surface area contributed by atoms with E-state index in [0.717, 1.165) is 11.3 Å². The van der Waals surface area contributed by atoms with Crippen molar-refractivity contribution in [3.8, 4) is 5.75 Å². The van der Waals surface area contributed by atoms with Gasteiger partial charge in [0, 0.05) is 6.20 Å². The fourth-order valence-electron chi connectivity index (χ4n) is 2.16. The number of hydrogen-bond donors (Lipinski definition) is 1. The molecule has 0 saturated heterocycles. The smallest absolute Gasteiger partial charge is 0.387 e. The van der Waals surface area contributed by atoms with Crippen LogP contribution in [-0.4, -0.2) is 17.5 Å². The molecule has 0 unspecified atom stereocenters. The first-order chi connectivity index (χ1) is 11.0. The third kappa shape index (κ3) is 4.48. The van der Waals surface area contributed by atoms with E-state index in [1.807, 2.05) is 26.0 Å². The van der Waals surface area contributed by atoms with Crippen LogP contribution in [0.2, 0.25) is 0 Å². The second-order valence-corrected chi connectivity index (χ2v) is 5.07. The number of rotatable bonds is 6. The highest BCUT2D eigenvalue weighted by Gasteiger charge is 2.19. The number of nitrogens with zero attached hydrogens (tertiary/aromatic N) is 1. The molecular weight excluding hydrogens is 302 g/mol. The Morgan fingerprint density at radius 1 is 1.26 bits per heavy atom. The Morgan fingerprint density at radius 2 is 2.00 bits per heavy atom. The van der Waals surface area contributed by atoms with Gasteiger partial charge in [-0.25, -0.2) is 0 Å². The Morgan fingerprint density at radius 3 is 2.61 bits per heavy atom. The van der Waals surface area contributed by atoms with E-state index in [0.29, 0.717) is 6.42 Å². The maximum atomic E-state index is 12.4. The molecule has 1 heterocycles. The van der Waals surface area contributed by atoms with Gasteiger partial charge >= 0.3 is 6.61 Å². The van der Waals surface area contributed by atoms with Gasteiger partial charge < -0.3 is 10.1 Å². The summed E-state index contributed by atoms with van der Waals surface area (Å²) in [6.07, 6.45) is 2.34. The zero-order valence-electron chi connectivity index (χ0n) is 12.9. The Kier molecular flexibility index (Phi) is 5.62. The molecular formula is C17H18F2N2O2. The van der Waals surface area contributed by atoms with Crippen LogP contribution in [0, 0.1) is 6.92 Å². The topological polar surface area (TPSA) is 51.2 Å². The number of aromatic nitrogens is 1. The molecule has 0 aliphatic heterocycles. The van der Waals surface area contributed by atoms with Gasteiger partial charge in [-0.3, -0.25) is 9.78 Å². The summed E-state index contributed by atoms with van der Waals surface area (Å²) < 4.78 is 29.3. The Hall–Kier alpha value is -2.50. The van der Waals surface area contributed by atoms with Crippen molar-refractivity contribution in [1.29, 1.82) is 0 Å². The number of aryl methyl sites for hydroxylation is 1. The van der Waals surface area contributed by atoms with Crippen LogP contribution < -0.4 is 10.1 Å². The molecule has 2 aromatic rings. The molecule has 1 aromatic carbocycles. The van der Waals surface area contributed by atoms with Crippen molar-refractivity contribution in [2.45, 2.75) is 32.9 Å². The molecule has 122 valence electrons. The molecule has 0 spiro atoms.